The van der Waals surface area contributed by atoms with E-state index in [-0.39, 0.29) is 10.7 Å². The lowest BCUT2D eigenvalue weighted by atomic mass is 10.1. The summed E-state index contributed by atoms with van der Waals surface area (Å²) in [4.78, 5) is 12.9. The van der Waals surface area contributed by atoms with Gasteiger partial charge < -0.3 is 15.8 Å². The Hall–Kier alpha value is -3.54. The van der Waals surface area contributed by atoms with E-state index in [2.05, 4.69) is 10.6 Å². The van der Waals surface area contributed by atoms with Crippen LogP contribution in [0, 0.1) is 5.41 Å². The molecule has 0 aliphatic carbocycles. The first-order valence-electron chi connectivity index (χ1n) is 11.2. The number of ether oxygens (including phenoxy) is 1. The number of amides is 1. The number of anilines is 2. The average molecular weight is 526 g/mol. The molecule has 1 aliphatic heterocycles. The van der Waals surface area contributed by atoms with Gasteiger partial charge in [0.05, 0.1) is 4.90 Å². The molecule has 1 saturated heterocycles. The van der Waals surface area contributed by atoms with Crippen molar-refractivity contribution in [2.45, 2.75) is 23.5 Å². The molecule has 3 aromatic rings. The fourth-order valence-corrected chi connectivity index (χ4v) is 5.90. The quantitative estimate of drug-likeness (QED) is 0.176. The highest BCUT2D eigenvalue weighted by atomic mass is 32.2. The van der Waals surface area contributed by atoms with Crippen molar-refractivity contribution >= 4 is 45.1 Å². The Morgan fingerprint density at radius 1 is 0.972 bits per heavy atom. The summed E-state index contributed by atoms with van der Waals surface area (Å²) >= 11 is 1.79. The summed E-state index contributed by atoms with van der Waals surface area (Å²) in [6, 6.07) is 20.4. The number of amidine groups is 1. The highest BCUT2D eigenvalue weighted by Crippen LogP contribution is 2.33. The van der Waals surface area contributed by atoms with Crippen molar-refractivity contribution in [3.8, 4) is 11.1 Å². The van der Waals surface area contributed by atoms with Crippen LogP contribution in [0.15, 0.2) is 77.7 Å². The Labute approximate surface area is 214 Å². The number of primary sulfonamides is 1. The van der Waals surface area contributed by atoms with Crippen molar-refractivity contribution in [2.24, 2.45) is 10.9 Å². The minimum Gasteiger partial charge on any atom is -0.423 e. The first-order chi connectivity index (χ1) is 17.2. The number of thioether (sulfide) groups is 1. The summed E-state index contributed by atoms with van der Waals surface area (Å²) in [5, 5.41) is 19.1. The van der Waals surface area contributed by atoms with Crippen molar-refractivity contribution in [3.63, 3.8) is 0 Å². The summed E-state index contributed by atoms with van der Waals surface area (Å²) < 4.78 is 29.8. The van der Waals surface area contributed by atoms with Gasteiger partial charge in [0, 0.05) is 35.3 Å². The maximum Gasteiger partial charge on any atom is 0.413 e. The fourth-order valence-electron chi connectivity index (χ4n) is 3.99. The van der Waals surface area contributed by atoms with Gasteiger partial charge in [-0.2, -0.15) is 11.8 Å². The zero-order chi connectivity index (χ0) is 25.8. The fraction of sp³-hybridized carbons (Fsp3) is 0.200. The molecule has 11 heteroatoms. The van der Waals surface area contributed by atoms with Crippen molar-refractivity contribution in [1.29, 1.82) is 5.41 Å². The van der Waals surface area contributed by atoms with Crippen LogP contribution in [0.1, 0.15) is 18.4 Å². The van der Waals surface area contributed by atoms with Crippen molar-refractivity contribution < 1.29 is 17.9 Å². The Bertz CT molecular complexity index is 1370. The molecule has 1 heterocycles. The second kappa shape index (κ2) is 10.6. The summed E-state index contributed by atoms with van der Waals surface area (Å²) in [5.41, 5.74) is 7.61. The first kappa shape index (κ1) is 25.5. The lowest BCUT2D eigenvalue weighted by Gasteiger charge is -2.37. The first-order valence-corrected chi connectivity index (χ1v) is 13.9. The summed E-state index contributed by atoms with van der Waals surface area (Å²) in [7, 11) is -3.88. The van der Waals surface area contributed by atoms with Crippen molar-refractivity contribution in [2.75, 3.05) is 22.1 Å². The van der Waals surface area contributed by atoms with E-state index >= 15 is 0 Å². The number of sulfonamides is 1. The molecule has 9 nitrogen and oxygen atoms in total. The lowest BCUT2D eigenvalue weighted by Crippen LogP contribution is -2.47. The van der Waals surface area contributed by atoms with Gasteiger partial charge in [-0.05, 0) is 47.4 Å². The molecule has 0 saturated carbocycles. The zero-order valence-corrected chi connectivity index (χ0v) is 21.0. The zero-order valence-electron chi connectivity index (χ0n) is 19.4. The molecule has 4 rings (SSSR count). The van der Waals surface area contributed by atoms with Gasteiger partial charge in [-0.3, -0.25) is 10.7 Å². The van der Waals surface area contributed by atoms with Crippen LogP contribution < -0.4 is 21.5 Å². The molecule has 1 amide bonds. The van der Waals surface area contributed by atoms with E-state index in [0.717, 1.165) is 11.5 Å². The van der Waals surface area contributed by atoms with Crippen LogP contribution in [-0.2, 0) is 14.8 Å². The Morgan fingerprint density at radius 3 is 2.33 bits per heavy atom. The summed E-state index contributed by atoms with van der Waals surface area (Å²) in [6.07, 6.45) is 0.604. The van der Waals surface area contributed by atoms with Gasteiger partial charge in [0.15, 0.2) is 5.72 Å². The lowest BCUT2D eigenvalue weighted by molar-refractivity contribution is 0.0354. The van der Waals surface area contributed by atoms with E-state index < -0.39 is 21.8 Å². The van der Waals surface area contributed by atoms with Gasteiger partial charge in [0.25, 0.3) is 0 Å². The molecule has 188 valence electrons. The second-order valence-electron chi connectivity index (χ2n) is 8.36. The van der Waals surface area contributed by atoms with Crippen LogP contribution in [0.25, 0.3) is 11.1 Å². The van der Waals surface area contributed by atoms with Gasteiger partial charge >= 0.3 is 6.09 Å². The molecule has 7 N–H and O–H groups in total. The van der Waals surface area contributed by atoms with E-state index in [4.69, 9.17) is 21.0 Å². The third-order valence-corrected chi connectivity index (χ3v) is 7.72. The highest BCUT2D eigenvalue weighted by Gasteiger charge is 2.36. The molecular formula is C25H27N5O4S2. The SMILES string of the molecule is N=C(N)c1cccc(NC2(OC(=O)Nc3ccc(-c4ccccc4S(N)(=O)=O)cc3)CCSCC2)c1. The van der Waals surface area contributed by atoms with Crippen LogP contribution >= 0.6 is 11.8 Å². The molecular weight excluding hydrogens is 498 g/mol. The normalized spacial score (nSPS) is 15.0. The van der Waals surface area contributed by atoms with Crippen LogP contribution in [0.3, 0.4) is 0 Å². The van der Waals surface area contributed by atoms with Gasteiger partial charge in [0.1, 0.15) is 5.84 Å². The Morgan fingerprint density at radius 2 is 1.67 bits per heavy atom. The maximum atomic E-state index is 12.9. The molecule has 1 fully saturated rings. The van der Waals surface area contributed by atoms with Crippen LogP contribution in [0.4, 0.5) is 16.2 Å². The van der Waals surface area contributed by atoms with Crippen molar-refractivity contribution in [3.05, 3.63) is 78.4 Å². The molecule has 0 aromatic heterocycles. The molecule has 0 spiro atoms. The third kappa shape index (κ3) is 6.17. The van der Waals surface area contributed by atoms with E-state index in [9.17, 15) is 13.2 Å². The largest absolute Gasteiger partial charge is 0.423 e. The van der Waals surface area contributed by atoms with E-state index in [1.54, 1.807) is 72.4 Å². The summed E-state index contributed by atoms with van der Waals surface area (Å²) in [5.74, 6) is 1.61. The number of hydrogen-bond acceptors (Lipinski definition) is 7. The van der Waals surface area contributed by atoms with Crippen LogP contribution in [0.2, 0.25) is 0 Å². The molecule has 0 unspecified atom stereocenters. The Kier molecular flexibility index (Phi) is 7.53. The van der Waals surface area contributed by atoms with E-state index in [1.807, 2.05) is 6.07 Å². The van der Waals surface area contributed by atoms with E-state index in [0.29, 0.717) is 40.9 Å². The predicted octanol–water partition coefficient (Wildman–Crippen LogP) is 4.17. The number of nitrogens with one attached hydrogen (secondary N) is 3. The maximum absolute atomic E-state index is 12.9. The molecule has 1 aliphatic rings. The third-order valence-electron chi connectivity index (χ3n) is 5.77. The van der Waals surface area contributed by atoms with Gasteiger partial charge in [0.2, 0.25) is 10.0 Å². The number of carbonyl (C=O) groups is 1. The van der Waals surface area contributed by atoms with Gasteiger partial charge in [-0.15, -0.1) is 0 Å². The second-order valence-corrected chi connectivity index (χ2v) is 11.1. The number of carbonyl (C=O) groups excluding carboxylic acids is 1. The van der Waals surface area contributed by atoms with Gasteiger partial charge in [-0.25, -0.2) is 18.4 Å². The van der Waals surface area contributed by atoms with E-state index in [1.165, 1.54) is 6.07 Å². The minimum absolute atomic E-state index is 0.0298. The Balaban J connectivity index is 1.49. The predicted molar refractivity (Wildman–Crippen MR) is 144 cm³/mol. The number of nitrogens with two attached hydrogens (primary N) is 2. The molecule has 0 bridgehead atoms. The van der Waals surface area contributed by atoms with Crippen molar-refractivity contribution in [1.82, 2.24) is 0 Å². The monoisotopic (exact) mass is 525 g/mol. The highest BCUT2D eigenvalue weighted by molar-refractivity contribution is 7.99. The standard InChI is InChI=1S/C25H27N5O4S2/c26-23(27)18-4-3-5-20(16-18)30-25(12-14-35-15-13-25)34-24(31)29-19-10-8-17(9-11-19)21-6-1-2-7-22(21)36(28,32)33/h1-11,16,30H,12-15H2,(H3,26,27)(H,29,31)(H2,28,32,33). The van der Waals surface area contributed by atoms with Gasteiger partial charge in [-0.1, -0.05) is 42.5 Å². The smallest absolute Gasteiger partial charge is 0.413 e. The minimum atomic E-state index is -3.88. The number of hydrogen-bond donors (Lipinski definition) is 5. The average Bonchev–Trinajstić information content (AvgIpc) is 2.84. The summed E-state index contributed by atoms with van der Waals surface area (Å²) in [6.45, 7) is 0. The molecule has 36 heavy (non-hydrogen) atoms. The number of rotatable bonds is 7. The molecule has 0 radical (unpaired) electrons. The van der Waals surface area contributed by atoms with Crippen LogP contribution in [-0.4, -0.2) is 37.6 Å². The number of nitrogen functional groups attached to an aromatic ring is 1. The molecule has 0 atom stereocenters. The topological polar surface area (TPSA) is 160 Å². The van der Waals surface area contributed by atoms with Crippen LogP contribution in [0.5, 0.6) is 0 Å². The molecule has 3 aromatic carbocycles. The number of benzene rings is 3.